The molecule has 3 heterocycles. The Balaban J connectivity index is 1.26. The summed E-state index contributed by atoms with van der Waals surface area (Å²) in [5.41, 5.74) is 4.02. The number of carbonyl (C=O) groups excluding carboxylic acids is 1. The normalized spacial score (nSPS) is 15.2. The van der Waals surface area contributed by atoms with E-state index < -0.39 is 0 Å². The largest absolute Gasteiger partial charge is 0.494 e. The van der Waals surface area contributed by atoms with Gasteiger partial charge in [-0.25, -0.2) is 9.50 Å². The Morgan fingerprint density at radius 3 is 2.57 bits per heavy atom. The molecule has 0 radical (unpaired) electrons. The molecule has 1 saturated heterocycles. The first-order valence-corrected chi connectivity index (χ1v) is 12.3. The molecule has 5 rings (SSSR count). The van der Waals surface area contributed by atoms with Gasteiger partial charge in [-0.2, -0.15) is 5.10 Å². The number of amides is 1. The number of carbonyl (C=O) groups is 1. The van der Waals surface area contributed by atoms with E-state index in [0.29, 0.717) is 6.61 Å². The lowest BCUT2D eigenvalue weighted by Gasteiger charge is -2.32. The second kappa shape index (κ2) is 10.2. The zero-order valence-corrected chi connectivity index (χ0v) is 20.2. The van der Waals surface area contributed by atoms with Crippen LogP contribution in [0.4, 0.5) is 5.82 Å². The average molecular weight is 470 g/mol. The van der Waals surface area contributed by atoms with Gasteiger partial charge in [0.2, 0.25) is 5.91 Å². The molecule has 1 N–H and O–H groups in total. The van der Waals surface area contributed by atoms with Crippen LogP contribution in [0, 0.1) is 5.92 Å². The van der Waals surface area contributed by atoms with E-state index in [4.69, 9.17) is 9.84 Å². The summed E-state index contributed by atoms with van der Waals surface area (Å²) < 4.78 is 7.44. The zero-order chi connectivity index (χ0) is 24.2. The molecule has 0 spiro atoms. The maximum absolute atomic E-state index is 12.9. The minimum absolute atomic E-state index is 0.00459. The second-order valence-corrected chi connectivity index (χ2v) is 8.97. The van der Waals surface area contributed by atoms with E-state index in [2.05, 4.69) is 21.3 Å². The van der Waals surface area contributed by atoms with E-state index in [-0.39, 0.29) is 17.9 Å². The molecule has 1 fully saturated rings. The summed E-state index contributed by atoms with van der Waals surface area (Å²) in [4.78, 5) is 19.8. The fourth-order valence-electron chi connectivity index (χ4n) is 4.69. The Kier molecular flexibility index (Phi) is 6.66. The van der Waals surface area contributed by atoms with Crippen LogP contribution >= 0.6 is 0 Å². The third kappa shape index (κ3) is 4.99. The van der Waals surface area contributed by atoms with Gasteiger partial charge >= 0.3 is 0 Å². The summed E-state index contributed by atoms with van der Waals surface area (Å²) in [7, 11) is 0. The molecule has 0 aliphatic carbocycles. The lowest BCUT2D eigenvalue weighted by molar-refractivity contribution is -0.126. The van der Waals surface area contributed by atoms with E-state index in [1.807, 2.05) is 79.2 Å². The number of hydrogen-bond donors (Lipinski definition) is 1. The first kappa shape index (κ1) is 22.9. The van der Waals surface area contributed by atoms with E-state index in [0.717, 1.165) is 59.8 Å². The molecule has 1 atom stereocenters. The van der Waals surface area contributed by atoms with Gasteiger partial charge in [-0.1, -0.05) is 30.3 Å². The monoisotopic (exact) mass is 469 g/mol. The van der Waals surface area contributed by atoms with E-state index in [9.17, 15) is 4.79 Å². The quantitative estimate of drug-likeness (QED) is 0.417. The minimum atomic E-state index is 0.00459. The summed E-state index contributed by atoms with van der Waals surface area (Å²) in [6.45, 7) is 6.23. The van der Waals surface area contributed by atoms with Gasteiger partial charge in [0, 0.05) is 37.0 Å². The molecule has 7 nitrogen and oxygen atoms in total. The lowest BCUT2D eigenvalue weighted by Crippen LogP contribution is -2.41. The molecule has 180 valence electrons. The van der Waals surface area contributed by atoms with Crippen LogP contribution in [0.25, 0.3) is 16.8 Å². The number of nitrogens with one attached hydrogen (secondary N) is 1. The molecule has 0 saturated carbocycles. The number of rotatable bonds is 7. The van der Waals surface area contributed by atoms with E-state index in [1.165, 1.54) is 0 Å². The standard InChI is InChI=1S/C28H31N5O2/c1-3-35-24-11-9-22(10-12-24)25-19-26-27(29-15-18-33(26)31-25)32-16-13-23(14-17-32)28(34)30-20(2)21-7-5-4-6-8-21/h4-12,15,18-20,23H,3,13-14,16-17H2,1-2H3,(H,30,34)/t20-/m1/s1. The highest BCUT2D eigenvalue weighted by atomic mass is 16.5. The Bertz CT molecular complexity index is 1280. The lowest BCUT2D eigenvalue weighted by atomic mass is 9.95. The number of nitrogens with zero attached hydrogens (tertiary/aromatic N) is 4. The van der Waals surface area contributed by atoms with Crippen LogP contribution in [0.2, 0.25) is 0 Å². The van der Waals surface area contributed by atoms with Crippen molar-refractivity contribution in [3.63, 3.8) is 0 Å². The van der Waals surface area contributed by atoms with Crippen molar-refractivity contribution in [2.45, 2.75) is 32.7 Å². The SMILES string of the molecule is CCOc1ccc(-c2cc3c(N4CCC(C(=O)N[C@H](C)c5ccccc5)CC4)nccn3n2)cc1. The van der Waals surface area contributed by atoms with Gasteiger partial charge in [0.15, 0.2) is 5.82 Å². The van der Waals surface area contributed by atoms with Crippen LogP contribution in [0.3, 0.4) is 0 Å². The Labute approximate surface area is 205 Å². The number of ether oxygens (including phenoxy) is 1. The summed E-state index contributed by atoms with van der Waals surface area (Å²) >= 11 is 0. The number of fused-ring (bicyclic) bond motifs is 1. The molecule has 1 aliphatic heterocycles. The van der Waals surface area contributed by atoms with Crippen molar-refractivity contribution in [3.05, 3.63) is 78.6 Å². The van der Waals surface area contributed by atoms with Gasteiger partial charge in [0.05, 0.1) is 18.3 Å². The smallest absolute Gasteiger partial charge is 0.223 e. The predicted molar refractivity (Wildman–Crippen MR) is 138 cm³/mol. The highest BCUT2D eigenvalue weighted by molar-refractivity contribution is 5.80. The van der Waals surface area contributed by atoms with Gasteiger partial charge < -0.3 is 15.0 Å². The van der Waals surface area contributed by atoms with Gasteiger partial charge in [-0.05, 0) is 62.6 Å². The van der Waals surface area contributed by atoms with Crippen molar-refractivity contribution in [1.82, 2.24) is 19.9 Å². The van der Waals surface area contributed by atoms with Crippen LogP contribution in [0.1, 0.15) is 38.3 Å². The molecule has 7 heteroatoms. The van der Waals surface area contributed by atoms with Crippen LogP contribution in [-0.2, 0) is 4.79 Å². The van der Waals surface area contributed by atoms with Crippen LogP contribution < -0.4 is 15.0 Å². The second-order valence-electron chi connectivity index (χ2n) is 8.97. The van der Waals surface area contributed by atoms with Gasteiger partial charge in [0.25, 0.3) is 0 Å². The molecular weight excluding hydrogens is 438 g/mol. The summed E-state index contributed by atoms with van der Waals surface area (Å²) in [6, 6.07) is 20.2. The third-order valence-electron chi connectivity index (χ3n) is 6.65. The van der Waals surface area contributed by atoms with Crippen molar-refractivity contribution in [2.24, 2.45) is 5.92 Å². The van der Waals surface area contributed by atoms with E-state index >= 15 is 0 Å². The molecule has 1 aliphatic rings. The van der Waals surface area contributed by atoms with Crippen LogP contribution in [-0.4, -0.2) is 40.2 Å². The van der Waals surface area contributed by atoms with Crippen molar-refractivity contribution >= 4 is 17.2 Å². The molecule has 2 aromatic carbocycles. The fourth-order valence-corrected chi connectivity index (χ4v) is 4.69. The molecule has 0 unspecified atom stereocenters. The Morgan fingerprint density at radius 2 is 1.86 bits per heavy atom. The molecule has 1 amide bonds. The third-order valence-corrected chi connectivity index (χ3v) is 6.65. The summed E-state index contributed by atoms with van der Waals surface area (Å²) in [6.07, 6.45) is 5.27. The highest BCUT2D eigenvalue weighted by Crippen LogP contribution is 2.29. The zero-order valence-electron chi connectivity index (χ0n) is 20.2. The Hall–Kier alpha value is -3.87. The fraction of sp³-hybridized carbons (Fsp3) is 0.321. The number of aromatic nitrogens is 3. The minimum Gasteiger partial charge on any atom is -0.494 e. The van der Waals surface area contributed by atoms with Crippen molar-refractivity contribution < 1.29 is 9.53 Å². The van der Waals surface area contributed by atoms with Crippen molar-refractivity contribution in [1.29, 1.82) is 0 Å². The highest BCUT2D eigenvalue weighted by Gasteiger charge is 2.27. The topological polar surface area (TPSA) is 71.8 Å². The first-order valence-electron chi connectivity index (χ1n) is 12.3. The summed E-state index contributed by atoms with van der Waals surface area (Å²) in [5.74, 6) is 1.91. The first-order chi connectivity index (χ1) is 17.1. The summed E-state index contributed by atoms with van der Waals surface area (Å²) in [5, 5.41) is 7.95. The number of benzene rings is 2. The maximum atomic E-state index is 12.9. The maximum Gasteiger partial charge on any atom is 0.223 e. The number of anilines is 1. The molecular formula is C28H31N5O2. The molecule has 0 bridgehead atoms. The van der Waals surface area contributed by atoms with Crippen molar-refractivity contribution in [3.8, 4) is 17.0 Å². The van der Waals surface area contributed by atoms with Crippen LogP contribution in [0.15, 0.2) is 73.1 Å². The van der Waals surface area contributed by atoms with Crippen molar-refractivity contribution in [2.75, 3.05) is 24.6 Å². The molecule has 2 aromatic heterocycles. The van der Waals surface area contributed by atoms with Crippen LogP contribution in [0.5, 0.6) is 5.75 Å². The number of piperidine rings is 1. The average Bonchev–Trinajstić information content (AvgIpc) is 3.34. The molecule has 35 heavy (non-hydrogen) atoms. The van der Waals surface area contributed by atoms with Gasteiger partial charge in [0.1, 0.15) is 11.3 Å². The Morgan fingerprint density at radius 1 is 1.11 bits per heavy atom. The number of hydrogen-bond acceptors (Lipinski definition) is 5. The molecule has 4 aromatic rings. The van der Waals surface area contributed by atoms with E-state index in [1.54, 1.807) is 6.20 Å². The predicted octanol–water partition coefficient (Wildman–Crippen LogP) is 4.89. The van der Waals surface area contributed by atoms with Gasteiger partial charge in [-0.3, -0.25) is 4.79 Å². The van der Waals surface area contributed by atoms with Gasteiger partial charge in [-0.15, -0.1) is 0 Å².